The third kappa shape index (κ3) is 2.57. The molecule has 3 nitrogen and oxygen atoms in total. The van der Waals surface area contributed by atoms with Gasteiger partial charge in [-0.25, -0.2) is 0 Å². The number of rotatable bonds is 4. The third-order valence-electron chi connectivity index (χ3n) is 5.87. The van der Waals surface area contributed by atoms with Crippen LogP contribution >= 0.6 is 0 Å². The highest BCUT2D eigenvalue weighted by molar-refractivity contribution is 5.49. The van der Waals surface area contributed by atoms with Gasteiger partial charge in [0.1, 0.15) is 17.6 Å². The molecule has 24 heavy (non-hydrogen) atoms. The molecular formula is C21H25NO2. The van der Waals surface area contributed by atoms with E-state index in [0.717, 1.165) is 44.6 Å². The van der Waals surface area contributed by atoms with Crippen LogP contribution in [0.1, 0.15) is 30.9 Å². The quantitative estimate of drug-likeness (QED) is 0.930. The highest BCUT2D eigenvalue weighted by atomic mass is 16.5. The Morgan fingerprint density at radius 3 is 2.83 bits per heavy atom. The molecule has 2 aromatic carbocycles. The third-order valence-corrected chi connectivity index (χ3v) is 5.87. The van der Waals surface area contributed by atoms with Gasteiger partial charge in [0.15, 0.2) is 0 Å². The Balaban J connectivity index is 1.48. The molecule has 2 aliphatic rings. The first-order valence-electron chi connectivity index (χ1n) is 8.98. The van der Waals surface area contributed by atoms with Crippen molar-refractivity contribution in [2.75, 3.05) is 19.6 Å². The fourth-order valence-electron chi connectivity index (χ4n) is 4.37. The summed E-state index contributed by atoms with van der Waals surface area (Å²) in [6.45, 7) is 5.38. The fourth-order valence-corrected chi connectivity index (χ4v) is 4.37. The minimum Gasteiger partial charge on any atom is -0.508 e. The average molecular weight is 323 g/mol. The molecule has 1 N–H and O–H groups in total. The number of hydrogen-bond donors (Lipinski definition) is 1. The van der Waals surface area contributed by atoms with Gasteiger partial charge in [-0.3, -0.25) is 4.90 Å². The van der Waals surface area contributed by atoms with Crippen LogP contribution < -0.4 is 4.74 Å². The number of hydrogen-bond acceptors (Lipinski definition) is 3. The molecule has 0 bridgehead atoms. The van der Waals surface area contributed by atoms with E-state index in [1.54, 1.807) is 6.07 Å². The van der Waals surface area contributed by atoms with Crippen molar-refractivity contribution in [3.8, 4) is 11.5 Å². The van der Waals surface area contributed by atoms with E-state index in [9.17, 15) is 5.11 Å². The van der Waals surface area contributed by atoms with Gasteiger partial charge < -0.3 is 9.84 Å². The lowest BCUT2D eigenvalue weighted by molar-refractivity contribution is 0.0410. The Bertz CT molecular complexity index is 715. The van der Waals surface area contributed by atoms with Crippen LogP contribution in [-0.2, 0) is 11.8 Å². The van der Waals surface area contributed by atoms with Gasteiger partial charge in [-0.15, -0.1) is 0 Å². The lowest BCUT2D eigenvalue weighted by atomic mass is 9.70. The number of phenols is 1. The van der Waals surface area contributed by atoms with Crippen LogP contribution in [-0.4, -0.2) is 35.7 Å². The predicted octanol–water partition coefficient (Wildman–Crippen LogP) is 3.75. The zero-order valence-corrected chi connectivity index (χ0v) is 14.2. The first-order valence-corrected chi connectivity index (χ1v) is 8.98. The Labute approximate surface area is 143 Å². The Morgan fingerprint density at radius 2 is 2.04 bits per heavy atom. The van der Waals surface area contributed by atoms with E-state index in [1.165, 1.54) is 11.1 Å². The number of likely N-dealkylation sites (tertiary alicyclic amines) is 1. The zero-order valence-electron chi connectivity index (χ0n) is 14.2. The number of fused-ring (bicyclic) bond motifs is 3. The summed E-state index contributed by atoms with van der Waals surface area (Å²) in [6, 6.07) is 16.3. The molecule has 4 rings (SSSR count). The van der Waals surface area contributed by atoms with E-state index < -0.39 is 0 Å². The van der Waals surface area contributed by atoms with Gasteiger partial charge in [0, 0.05) is 24.1 Å². The molecule has 2 heterocycles. The first kappa shape index (κ1) is 15.5. The van der Waals surface area contributed by atoms with E-state index in [2.05, 4.69) is 42.2 Å². The maximum Gasteiger partial charge on any atom is 0.124 e. The second-order valence-corrected chi connectivity index (χ2v) is 7.08. The average Bonchev–Trinajstić information content (AvgIpc) is 2.94. The summed E-state index contributed by atoms with van der Waals surface area (Å²) < 4.78 is 6.29. The standard InChI is InChI=1S/C21H25NO2/c1-2-21-11-13-22(12-10-16-6-4-3-5-7-16)15-20(21)24-19-9-8-17(23)14-18(19)21/h3-9,14,20,23H,2,10-13,15H2,1H3/t20-,21-/m1/s1. The van der Waals surface area contributed by atoms with Crippen molar-refractivity contribution in [1.82, 2.24) is 4.90 Å². The van der Waals surface area contributed by atoms with Crippen LogP contribution in [0.4, 0.5) is 0 Å². The van der Waals surface area contributed by atoms with Gasteiger partial charge in [0.2, 0.25) is 0 Å². The molecule has 0 aromatic heterocycles. The van der Waals surface area contributed by atoms with Gasteiger partial charge in [0.25, 0.3) is 0 Å². The van der Waals surface area contributed by atoms with Crippen LogP contribution in [0.2, 0.25) is 0 Å². The fraction of sp³-hybridized carbons (Fsp3) is 0.429. The molecule has 0 saturated carbocycles. The summed E-state index contributed by atoms with van der Waals surface area (Å²) >= 11 is 0. The highest BCUT2D eigenvalue weighted by Crippen LogP contribution is 2.50. The van der Waals surface area contributed by atoms with E-state index in [0.29, 0.717) is 5.75 Å². The molecule has 0 radical (unpaired) electrons. The minimum absolute atomic E-state index is 0.0668. The Hall–Kier alpha value is -2.00. The zero-order chi connectivity index (χ0) is 16.6. The molecule has 1 fully saturated rings. The summed E-state index contributed by atoms with van der Waals surface area (Å²) in [6.07, 6.45) is 3.43. The molecule has 126 valence electrons. The molecule has 0 amide bonds. The maximum absolute atomic E-state index is 9.89. The normalized spacial score (nSPS) is 25.8. The molecule has 3 heteroatoms. The molecule has 2 aromatic rings. The monoisotopic (exact) mass is 323 g/mol. The van der Waals surface area contributed by atoms with E-state index in [1.807, 2.05) is 12.1 Å². The largest absolute Gasteiger partial charge is 0.508 e. The van der Waals surface area contributed by atoms with Crippen molar-refractivity contribution in [2.45, 2.75) is 37.7 Å². The SMILES string of the molecule is CC[C@]12CCN(CCc3ccccc3)C[C@H]1Oc1ccc(O)cc12. The summed E-state index contributed by atoms with van der Waals surface area (Å²) in [7, 11) is 0. The summed E-state index contributed by atoms with van der Waals surface area (Å²) in [5.74, 6) is 1.31. The van der Waals surface area contributed by atoms with Crippen molar-refractivity contribution in [2.24, 2.45) is 0 Å². The van der Waals surface area contributed by atoms with Crippen molar-refractivity contribution in [3.05, 3.63) is 59.7 Å². The summed E-state index contributed by atoms with van der Waals surface area (Å²) in [4.78, 5) is 2.53. The summed E-state index contributed by atoms with van der Waals surface area (Å²) in [5, 5.41) is 9.89. The lowest BCUT2D eigenvalue weighted by Gasteiger charge is -2.42. The predicted molar refractivity (Wildman–Crippen MR) is 95.7 cm³/mol. The van der Waals surface area contributed by atoms with Gasteiger partial charge >= 0.3 is 0 Å². The molecule has 1 saturated heterocycles. The lowest BCUT2D eigenvalue weighted by Crippen LogP contribution is -2.53. The van der Waals surface area contributed by atoms with Crippen molar-refractivity contribution in [3.63, 3.8) is 0 Å². The van der Waals surface area contributed by atoms with Crippen molar-refractivity contribution >= 4 is 0 Å². The van der Waals surface area contributed by atoms with E-state index in [4.69, 9.17) is 4.74 Å². The van der Waals surface area contributed by atoms with Crippen LogP contribution in [0.15, 0.2) is 48.5 Å². The molecule has 0 spiro atoms. The van der Waals surface area contributed by atoms with E-state index >= 15 is 0 Å². The molecule has 2 aliphatic heterocycles. The molecule has 0 unspecified atom stereocenters. The number of aromatic hydroxyl groups is 1. The minimum atomic E-state index is 0.0668. The highest BCUT2D eigenvalue weighted by Gasteiger charge is 2.50. The number of phenolic OH excluding ortho intramolecular Hbond substituents is 1. The second kappa shape index (κ2) is 6.14. The maximum atomic E-state index is 9.89. The van der Waals surface area contributed by atoms with Crippen LogP contribution in [0, 0.1) is 0 Å². The van der Waals surface area contributed by atoms with Gasteiger partial charge in [0.05, 0.1) is 0 Å². The molecule has 2 atom stereocenters. The second-order valence-electron chi connectivity index (χ2n) is 7.08. The Kier molecular flexibility index (Phi) is 3.97. The van der Waals surface area contributed by atoms with E-state index in [-0.39, 0.29) is 11.5 Å². The number of benzene rings is 2. The number of nitrogens with zero attached hydrogens (tertiary/aromatic N) is 1. The van der Waals surface area contributed by atoms with Crippen molar-refractivity contribution < 1.29 is 9.84 Å². The molecular weight excluding hydrogens is 298 g/mol. The van der Waals surface area contributed by atoms with Crippen LogP contribution in [0.3, 0.4) is 0 Å². The summed E-state index contributed by atoms with van der Waals surface area (Å²) in [5.41, 5.74) is 2.67. The first-order chi connectivity index (χ1) is 11.7. The topological polar surface area (TPSA) is 32.7 Å². The van der Waals surface area contributed by atoms with Crippen molar-refractivity contribution in [1.29, 1.82) is 0 Å². The number of piperidine rings is 1. The van der Waals surface area contributed by atoms with Gasteiger partial charge in [-0.05, 0) is 49.6 Å². The number of ether oxygens (including phenoxy) is 1. The van der Waals surface area contributed by atoms with Gasteiger partial charge in [-0.2, -0.15) is 0 Å². The van der Waals surface area contributed by atoms with Crippen LogP contribution in [0.5, 0.6) is 11.5 Å². The van der Waals surface area contributed by atoms with Gasteiger partial charge in [-0.1, -0.05) is 37.3 Å². The Morgan fingerprint density at radius 1 is 1.21 bits per heavy atom. The van der Waals surface area contributed by atoms with Crippen LogP contribution in [0.25, 0.3) is 0 Å². The molecule has 0 aliphatic carbocycles. The smallest absolute Gasteiger partial charge is 0.124 e.